The number of benzene rings is 2. The molecule has 2 aromatic rings. The van der Waals surface area contributed by atoms with Crippen molar-refractivity contribution in [1.29, 1.82) is 0 Å². The highest BCUT2D eigenvalue weighted by molar-refractivity contribution is 5.49. The molecule has 3 atom stereocenters. The predicted molar refractivity (Wildman–Crippen MR) is 109 cm³/mol. The Labute approximate surface area is 166 Å². The molecule has 0 fully saturated rings. The third-order valence-electron chi connectivity index (χ3n) is 5.50. The SMILES string of the molecule is COc1ccc([C@H]2[C@H](CO)CC=C[C@@H]2c2ccc(OC)c(OC)c2)cc1OC. The molecule has 0 spiro atoms. The van der Waals surface area contributed by atoms with Crippen LogP contribution in [0.15, 0.2) is 48.6 Å². The summed E-state index contributed by atoms with van der Waals surface area (Å²) in [5.41, 5.74) is 2.23. The molecule has 28 heavy (non-hydrogen) atoms. The molecule has 0 unspecified atom stereocenters. The van der Waals surface area contributed by atoms with Gasteiger partial charge in [-0.15, -0.1) is 0 Å². The van der Waals surface area contributed by atoms with Crippen LogP contribution in [0.25, 0.3) is 0 Å². The van der Waals surface area contributed by atoms with Crippen molar-refractivity contribution in [3.8, 4) is 23.0 Å². The monoisotopic (exact) mass is 384 g/mol. The summed E-state index contributed by atoms with van der Waals surface area (Å²) in [5, 5.41) is 10.1. The summed E-state index contributed by atoms with van der Waals surface area (Å²) < 4.78 is 21.8. The summed E-state index contributed by atoms with van der Waals surface area (Å²) in [6.07, 6.45) is 5.20. The number of hydrogen-bond acceptors (Lipinski definition) is 5. The molecular weight excluding hydrogens is 356 g/mol. The van der Waals surface area contributed by atoms with Gasteiger partial charge in [-0.05, 0) is 53.6 Å². The second kappa shape index (κ2) is 9.02. The van der Waals surface area contributed by atoms with E-state index < -0.39 is 0 Å². The lowest BCUT2D eigenvalue weighted by atomic mass is 9.70. The summed E-state index contributed by atoms with van der Waals surface area (Å²) in [7, 11) is 6.54. The van der Waals surface area contributed by atoms with Gasteiger partial charge in [0.05, 0.1) is 28.4 Å². The van der Waals surface area contributed by atoms with Crippen LogP contribution in [0.3, 0.4) is 0 Å². The minimum absolute atomic E-state index is 0.101. The van der Waals surface area contributed by atoms with Crippen LogP contribution in [0.5, 0.6) is 23.0 Å². The molecule has 2 aromatic carbocycles. The van der Waals surface area contributed by atoms with Gasteiger partial charge in [-0.25, -0.2) is 0 Å². The number of hydrogen-bond donors (Lipinski definition) is 1. The first kappa shape index (κ1) is 20.1. The Balaban J connectivity index is 2.07. The van der Waals surface area contributed by atoms with Crippen molar-refractivity contribution >= 4 is 0 Å². The van der Waals surface area contributed by atoms with Crippen molar-refractivity contribution in [2.75, 3.05) is 35.0 Å². The van der Waals surface area contributed by atoms with Gasteiger partial charge in [0.25, 0.3) is 0 Å². The van der Waals surface area contributed by atoms with Crippen molar-refractivity contribution < 1.29 is 24.1 Å². The molecule has 1 N–H and O–H groups in total. The van der Waals surface area contributed by atoms with Crippen molar-refractivity contribution in [1.82, 2.24) is 0 Å². The number of aliphatic hydroxyl groups excluding tert-OH is 1. The van der Waals surface area contributed by atoms with Crippen LogP contribution < -0.4 is 18.9 Å². The van der Waals surface area contributed by atoms with E-state index in [0.717, 1.165) is 17.5 Å². The van der Waals surface area contributed by atoms with Gasteiger partial charge >= 0.3 is 0 Å². The summed E-state index contributed by atoms with van der Waals surface area (Å²) in [6, 6.07) is 12.0. The molecule has 3 rings (SSSR count). The van der Waals surface area contributed by atoms with Crippen LogP contribution in [0.4, 0.5) is 0 Å². The Kier molecular flexibility index (Phi) is 6.47. The zero-order chi connectivity index (χ0) is 20.1. The van der Waals surface area contributed by atoms with Crippen LogP contribution in [-0.4, -0.2) is 40.2 Å². The number of allylic oxidation sites excluding steroid dienone is 2. The van der Waals surface area contributed by atoms with E-state index in [1.165, 1.54) is 0 Å². The molecule has 0 aromatic heterocycles. The lowest BCUT2D eigenvalue weighted by molar-refractivity contribution is 0.193. The second-order valence-corrected chi connectivity index (χ2v) is 6.89. The van der Waals surface area contributed by atoms with E-state index in [2.05, 4.69) is 24.3 Å². The van der Waals surface area contributed by atoms with E-state index in [1.807, 2.05) is 24.3 Å². The first-order valence-corrected chi connectivity index (χ1v) is 9.38. The maximum atomic E-state index is 10.1. The Morgan fingerprint density at radius 2 is 1.32 bits per heavy atom. The number of rotatable bonds is 7. The van der Waals surface area contributed by atoms with Gasteiger partial charge in [-0.1, -0.05) is 24.3 Å². The fourth-order valence-corrected chi connectivity index (χ4v) is 4.07. The van der Waals surface area contributed by atoms with Crippen molar-refractivity contribution in [2.24, 2.45) is 5.92 Å². The Hall–Kier alpha value is -2.66. The first-order chi connectivity index (χ1) is 13.7. The van der Waals surface area contributed by atoms with E-state index in [0.29, 0.717) is 23.0 Å². The van der Waals surface area contributed by atoms with E-state index in [9.17, 15) is 5.11 Å². The van der Waals surface area contributed by atoms with Crippen molar-refractivity contribution in [3.63, 3.8) is 0 Å². The zero-order valence-corrected chi connectivity index (χ0v) is 16.8. The molecule has 0 aliphatic heterocycles. The van der Waals surface area contributed by atoms with Gasteiger partial charge in [-0.3, -0.25) is 0 Å². The van der Waals surface area contributed by atoms with Crippen LogP contribution in [0.1, 0.15) is 29.4 Å². The highest BCUT2D eigenvalue weighted by Crippen LogP contribution is 2.47. The number of methoxy groups -OCH3 is 4. The van der Waals surface area contributed by atoms with Crippen LogP contribution in [0.2, 0.25) is 0 Å². The molecule has 0 saturated heterocycles. The summed E-state index contributed by atoms with van der Waals surface area (Å²) in [6.45, 7) is 0.118. The summed E-state index contributed by atoms with van der Waals surface area (Å²) in [5.74, 6) is 3.11. The zero-order valence-electron chi connectivity index (χ0n) is 16.8. The number of aliphatic hydroxyl groups is 1. The largest absolute Gasteiger partial charge is 0.493 e. The molecule has 5 heteroatoms. The average molecular weight is 384 g/mol. The maximum absolute atomic E-state index is 10.1. The second-order valence-electron chi connectivity index (χ2n) is 6.89. The van der Waals surface area contributed by atoms with E-state index in [-0.39, 0.29) is 24.4 Å². The highest BCUT2D eigenvalue weighted by atomic mass is 16.5. The topological polar surface area (TPSA) is 57.2 Å². The van der Waals surface area contributed by atoms with Gasteiger partial charge in [0.2, 0.25) is 0 Å². The third-order valence-corrected chi connectivity index (χ3v) is 5.50. The quantitative estimate of drug-likeness (QED) is 0.727. The fourth-order valence-electron chi connectivity index (χ4n) is 4.07. The van der Waals surface area contributed by atoms with E-state index >= 15 is 0 Å². The molecular formula is C23H28O5. The van der Waals surface area contributed by atoms with Gasteiger partial charge in [0.1, 0.15) is 0 Å². The van der Waals surface area contributed by atoms with Gasteiger partial charge in [-0.2, -0.15) is 0 Å². The van der Waals surface area contributed by atoms with Gasteiger partial charge in [0, 0.05) is 12.5 Å². The summed E-state index contributed by atoms with van der Waals surface area (Å²) >= 11 is 0. The smallest absolute Gasteiger partial charge is 0.161 e. The fraction of sp³-hybridized carbons (Fsp3) is 0.391. The lowest BCUT2D eigenvalue weighted by Crippen LogP contribution is -2.25. The Bertz CT molecular complexity index is 830. The molecule has 150 valence electrons. The first-order valence-electron chi connectivity index (χ1n) is 9.38. The minimum Gasteiger partial charge on any atom is -0.493 e. The minimum atomic E-state index is 0.101. The predicted octanol–water partition coefficient (Wildman–Crippen LogP) is 4.16. The third kappa shape index (κ3) is 3.80. The van der Waals surface area contributed by atoms with Crippen molar-refractivity contribution in [2.45, 2.75) is 18.3 Å². The van der Waals surface area contributed by atoms with Crippen LogP contribution >= 0.6 is 0 Å². The summed E-state index contributed by atoms with van der Waals surface area (Å²) in [4.78, 5) is 0. The van der Waals surface area contributed by atoms with Crippen molar-refractivity contribution in [3.05, 3.63) is 59.7 Å². The highest BCUT2D eigenvalue weighted by Gasteiger charge is 2.33. The van der Waals surface area contributed by atoms with Crippen LogP contribution in [0, 0.1) is 5.92 Å². The van der Waals surface area contributed by atoms with Gasteiger partial charge < -0.3 is 24.1 Å². The normalized spacial score (nSPS) is 21.2. The molecule has 0 saturated carbocycles. The molecule has 0 radical (unpaired) electrons. The molecule has 0 bridgehead atoms. The lowest BCUT2D eigenvalue weighted by Gasteiger charge is -2.35. The Morgan fingerprint density at radius 3 is 1.86 bits per heavy atom. The van der Waals surface area contributed by atoms with Gasteiger partial charge in [0.15, 0.2) is 23.0 Å². The van der Waals surface area contributed by atoms with E-state index in [4.69, 9.17) is 18.9 Å². The standard InChI is InChI=1S/C23H28O5/c1-25-19-10-8-15(12-21(19)27-3)18-7-5-6-17(14-24)23(18)16-9-11-20(26-2)22(13-16)28-4/h5,7-13,17-18,23-24H,6,14H2,1-4H3/t17-,18+,23-/m0/s1. The average Bonchev–Trinajstić information content (AvgIpc) is 2.77. The molecule has 1 aliphatic carbocycles. The molecule has 0 amide bonds. The maximum Gasteiger partial charge on any atom is 0.161 e. The Morgan fingerprint density at radius 1 is 0.786 bits per heavy atom. The molecule has 0 heterocycles. The van der Waals surface area contributed by atoms with Crippen LogP contribution in [-0.2, 0) is 0 Å². The molecule has 5 nitrogen and oxygen atoms in total. The molecule has 1 aliphatic rings. The van der Waals surface area contributed by atoms with E-state index in [1.54, 1.807) is 28.4 Å². The number of ether oxygens (including phenoxy) is 4.